The van der Waals surface area contributed by atoms with Gasteiger partial charge in [0, 0.05) is 0 Å². The van der Waals surface area contributed by atoms with Crippen LogP contribution < -0.4 is 0 Å². The Morgan fingerprint density at radius 1 is 0.380 bits per heavy atom. The van der Waals surface area contributed by atoms with Crippen molar-refractivity contribution in [2.24, 2.45) is 0 Å². The minimum Gasteiger partial charge on any atom is -0.465 e. The number of methoxy groups -OCH3 is 2. The molecule has 0 N–H and O–H groups in total. The zero-order valence-electron chi connectivity index (χ0n) is 31.3. The molecule has 6 aliphatic rings. The molecule has 4 saturated carbocycles. The van der Waals surface area contributed by atoms with E-state index in [1.807, 2.05) is 0 Å². The molecule has 4 nitrogen and oxygen atoms in total. The first kappa shape index (κ1) is 34.5. The van der Waals surface area contributed by atoms with Crippen molar-refractivity contribution in [3.05, 3.63) is 66.8 Å². The van der Waals surface area contributed by atoms with E-state index in [1.165, 1.54) is 165 Å². The van der Waals surface area contributed by atoms with Crippen LogP contribution in [0.1, 0.15) is 241 Å². The number of carbonyl (C=O) groups is 2. The third kappa shape index (κ3) is 6.17. The van der Waals surface area contributed by atoms with Gasteiger partial charge in [0.1, 0.15) is 0 Å². The summed E-state index contributed by atoms with van der Waals surface area (Å²) >= 11 is 0. The van der Waals surface area contributed by atoms with E-state index in [4.69, 9.17) is 9.47 Å². The lowest BCUT2D eigenvalue weighted by atomic mass is 9.63. The first-order valence-electron chi connectivity index (χ1n) is 21.2. The Kier molecular flexibility index (Phi) is 10.4. The SMILES string of the molecule is COC(=O)c1c(C(=O)OC)c(C2CCCCC2)c2c(c1C1CCCCC1)Cc1c(c(C3CCCCC3)c3c(c1C1CCCCC1)CCCC3)C2. The number of hydrogen-bond donors (Lipinski definition) is 0. The minimum absolute atomic E-state index is 0.283. The highest BCUT2D eigenvalue weighted by Crippen LogP contribution is 2.53. The van der Waals surface area contributed by atoms with Crippen LogP contribution in [0.5, 0.6) is 0 Å². The van der Waals surface area contributed by atoms with Crippen LogP contribution in [0.3, 0.4) is 0 Å². The van der Waals surface area contributed by atoms with Crippen molar-refractivity contribution in [3.63, 3.8) is 0 Å². The highest BCUT2D eigenvalue weighted by Gasteiger charge is 2.42. The highest BCUT2D eigenvalue weighted by molar-refractivity contribution is 6.06. The molecular weight excluding hydrogens is 617 g/mol. The molecule has 0 spiro atoms. The van der Waals surface area contributed by atoms with Crippen molar-refractivity contribution in [2.45, 2.75) is 191 Å². The number of benzene rings is 2. The van der Waals surface area contributed by atoms with Gasteiger partial charge in [-0.3, -0.25) is 0 Å². The van der Waals surface area contributed by atoms with Crippen LogP contribution in [-0.4, -0.2) is 26.2 Å². The van der Waals surface area contributed by atoms with Crippen LogP contribution in [0, 0.1) is 0 Å². The molecule has 0 unspecified atom stereocenters. The molecule has 2 aromatic carbocycles. The van der Waals surface area contributed by atoms with E-state index >= 15 is 0 Å². The number of fused-ring (bicyclic) bond motifs is 3. The molecule has 0 saturated heterocycles. The zero-order chi connectivity index (χ0) is 34.2. The predicted octanol–water partition coefficient (Wildman–Crippen LogP) is 11.8. The van der Waals surface area contributed by atoms with Crippen LogP contribution in [0.4, 0.5) is 0 Å². The van der Waals surface area contributed by atoms with Crippen LogP contribution in [0.2, 0.25) is 0 Å². The van der Waals surface area contributed by atoms with Gasteiger partial charge in [-0.25, -0.2) is 9.59 Å². The molecule has 4 heteroatoms. The summed E-state index contributed by atoms with van der Waals surface area (Å²) in [6.45, 7) is 0. The molecule has 0 atom stereocenters. The van der Waals surface area contributed by atoms with Crippen LogP contribution in [-0.2, 0) is 35.2 Å². The number of carbonyl (C=O) groups excluding carboxylic acids is 2. The maximum atomic E-state index is 14.2. The second kappa shape index (κ2) is 15.2. The van der Waals surface area contributed by atoms with E-state index < -0.39 is 0 Å². The Bertz CT molecular complexity index is 1470. The highest BCUT2D eigenvalue weighted by atomic mass is 16.5. The molecule has 0 aliphatic heterocycles. The molecule has 270 valence electrons. The van der Waals surface area contributed by atoms with Crippen molar-refractivity contribution in [2.75, 3.05) is 14.2 Å². The summed E-state index contributed by atoms with van der Waals surface area (Å²) in [7, 11) is 3.01. The van der Waals surface area contributed by atoms with Crippen LogP contribution >= 0.6 is 0 Å². The second-order valence-corrected chi connectivity index (χ2v) is 17.2. The normalized spacial score (nSPS) is 22.4. The van der Waals surface area contributed by atoms with Crippen molar-refractivity contribution in [1.82, 2.24) is 0 Å². The van der Waals surface area contributed by atoms with Crippen molar-refractivity contribution < 1.29 is 19.1 Å². The van der Waals surface area contributed by atoms with Crippen molar-refractivity contribution in [3.8, 4) is 0 Å². The largest absolute Gasteiger partial charge is 0.465 e. The van der Waals surface area contributed by atoms with Gasteiger partial charge in [0.2, 0.25) is 0 Å². The maximum absolute atomic E-state index is 14.2. The predicted molar refractivity (Wildman–Crippen MR) is 201 cm³/mol. The Hall–Kier alpha value is -2.62. The molecule has 2 aromatic rings. The smallest absolute Gasteiger partial charge is 0.339 e. The summed E-state index contributed by atoms with van der Waals surface area (Å²) in [5.74, 6) is 1.22. The number of esters is 2. The van der Waals surface area contributed by atoms with E-state index in [9.17, 15) is 9.59 Å². The first-order valence-corrected chi connectivity index (χ1v) is 21.2. The lowest BCUT2D eigenvalue weighted by Crippen LogP contribution is -2.30. The standard InChI is InChI=1S/C46H62O4/c1-49-45(47)43-41(31-21-11-5-12-22-31)37-27-35-36(28-38(37)42(44(43)46(48)50-2)32-23-13-6-14-24-32)40(30-19-9-4-10-20-30)34-26-16-15-25-33(34)39(35)29-17-7-3-8-18-29/h29-32H,3-28H2,1-2H3. The van der Waals surface area contributed by atoms with Crippen molar-refractivity contribution in [1.29, 1.82) is 0 Å². The maximum Gasteiger partial charge on any atom is 0.339 e. The third-order valence-corrected chi connectivity index (χ3v) is 14.5. The van der Waals surface area contributed by atoms with Gasteiger partial charge in [0.05, 0.1) is 25.3 Å². The van der Waals surface area contributed by atoms with Gasteiger partial charge in [-0.15, -0.1) is 0 Å². The van der Waals surface area contributed by atoms with Crippen LogP contribution in [0.15, 0.2) is 0 Å². The molecule has 0 heterocycles. The summed E-state index contributed by atoms with van der Waals surface area (Å²) in [5.41, 5.74) is 16.7. The molecule has 0 radical (unpaired) electrons. The summed E-state index contributed by atoms with van der Waals surface area (Å²) in [6, 6.07) is 0. The van der Waals surface area contributed by atoms with Gasteiger partial charge < -0.3 is 9.47 Å². The van der Waals surface area contributed by atoms with Gasteiger partial charge in [0.25, 0.3) is 0 Å². The van der Waals surface area contributed by atoms with Crippen LogP contribution in [0.25, 0.3) is 0 Å². The van der Waals surface area contributed by atoms with E-state index in [-0.39, 0.29) is 23.8 Å². The molecule has 4 fully saturated rings. The fourth-order valence-corrected chi connectivity index (χ4v) is 12.3. The number of rotatable bonds is 6. The Morgan fingerprint density at radius 2 is 0.660 bits per heavy atom. The van der Waals surface area contributed by atoms with Gasteiger partial charge in [-0.05, 0) is 169 Å². The number of ether oxygens (including phenoxy) is 2. The average molecular weight is 679 g/mol. The van der Waals surface area contributed by atoms with Gasteiger partial charge in [-0.1, -0.05) is 77.0 Å². The molecule has 0 bridgehead atoms. The summed E-state index contributed by atoms with van der Waals surface area (Å²) in [6.07, 6.45) is 32.0. The van der Waals surface area contributed by atoms with Crippen molar-refractivity contribution >= 4 is 11.9 Å². The van der Waals surface area contributed by atoms with E-state index in [0.29, 0.717) is 23.0 Å². The molecule has 0 amide bonds. The minimum atomic E-state index is -0.336. The van der Waals surface area contributed by atoms with Gasteiger partial charge >= 0.3 is 11.9 Å². The number of hydrogen-bond acceptors (Lipinski definition) is 4. The molecular formula is C46H62O4. The van der Waals surface area contributed by atoms with E-state index in [2.05, 4.69) is 0 Å². The lowest BCUT2D eigenvalue weighted by Gasteiger charge is -2.41. The van der Waals surface area contributed by atoms with E-state index in [1.54, 1.807) is 33.4 Å². The molecule has 50 heavy (non-hydrogen) atoms. The monoisotopic (exact) mass is 678 g/mol. The topological polar surface area (TPSA) is 52.6 Å². The molecule has 8 rings (SSSR count). The summed E-state index contributed by atoms with van der Waals surface area (Å²) in [5, 5.41) is 0. The average Bonchev–Trinajstić information content (AvgIpc) is 3.19. The van der Waals surface area contributed by atoms with Gasteiger partial charge in [0.15, 0.2) is 0 Å². The summed E-state index contributed by atoms with van der Waals surface area (Å²) in [4.78, 5) is 28.4. The zero-order valence-corrected chi connectivity index (χ0v) is 31.3. The van der Waals surface area contributed by atoms with E-state index in [0.717, 1.165) is 38.5 Å². The molecule has 6 aliphatic carbocycles. The fraction of sp³-hybridized carbons (Fsp3) is 0.696. The third-order valence-electron chi connectivity index (χ3n) is 14.5. The summed E-state index contributed by atoms with van der Waals surface area (Å²) < 4.78 is 11.3. The quantitative estimate of drug-likeness (QED) is 0.244. The fourth-order valence-electron chi connectivity index (χ4n) is 12.3. The Labute approximate surface area is 301 Å². The lowest BCUT2D eigenvalue weighted by molar-refractivity contribution is 0.0551. The Balaban J connectivity index is 1.45. The first-order chi connectivity index (χ1) is 24.6. The molecule has 0 aromatic heterocycles. The second-order valence-electron chi connectivity index (χ2n) is 17.2. The Morgan fingerprint density at radius 3 is 0.960 bits per heavy atom. The van der Waals surface area contributed by atoms with Gasteiger partial charge in [-0.2, -0.15) is 0 Å².